The molecule has 6 heteroatoms. The van der Waals surface area contributed by atoms with Crippen molar-refractivity contribution in [3.8, 4) is 0 Å². The number of fused-ring (bicyclic) bond motifs is 1. The van der Waals surface area contributed by atoms with Crippen LogP contribution in [-0.4, -0.2) is 24.2 Å². The van der Waals surface area contributed by atoms with Crippen molar-refractivity contribution in [2.75, 3.05) is 18.0 Å². The van der Waals surface area contributed by atoms with Crippen LogP contribution in [0.25, 0.3) is 10.9 Å². The lowest BCUT2D eigenvalue weighted by Crippen LogP contribution is -2.35. The summed E-state index contributed by atoms with van der Waals surface area (Å²) in [6.07, 6.45) is -2.71. The fraction of sp³-hybridized carbons (Fsp3) is 0.357. The van der Waals surface area contributed by atoms with E-state index in [0.717, 1.165) is 0 Å². The van der Waals surface area contributed by atoms with Gasteiger partial charge >= 0.3 is 6.18 Å². The molecule has 1 aromatic heterocycles. The number of benzene rings is 1. The van der Waals surface area contributed by atoms with Crippen molar-refractivity contribution in [2.45, 2.75) is 19.6 Å². The largest absolute Gasteiger partial charge is 0.405 e. The van der Waals surface area contributed by atoms with Crippen LogP contribution in [0.2, 0.25) is 0 Å². The van der Waals surface area contributed by atoms with Gasteiger partial charge in [-0.15, -0.1) is 0 Å². The van der Waals surface area contributed by atoms with Crippen molar-refractivity contribution < 1.29 is 13.2 Å². The maximum Gasteiger partial charge on any atom is 0.405 e. The number of hydrogen-bond acceptors (Lipinski definition) is 3. The molecule has 0 bridgehead atoms. The van der Waals surface area contributed by atoms with E-state index >= 15 is 0 Å². The second-order valence-corrected chi connectivity index (χ2v) is 4.48. The van der Waals surface area contributed by atoms with E-state index in [9.17, 15) is 13.2 Å². The molecule has 0 radical (unpaired) electrons. The summed E-state index contributed by atoms with van der Waals surface area (Å²) in [6, 6.07) is 7.15. The van der Waals surface area contributed by atoms with Gasteiger partial charge in [-0.3, -0.25) is 4.98 Å². The van der Waals surface area contributed by atoms with Gasteiger partial charge in [0.05, 0.1) is 11.2 Å². The summed E-state index contributed by atoms with van der Waals surface area (Å²) in [6.45, 7) is 1.10. The minimum atomic E-state index is -4.26. The first-order valence-electron chi connectivity index (χ1n) is 6.34. The van der Waals surface area contributed by atoms with E-state index in [-0.39, 0.29) is 13.1 Å². The van der Waals surface area contributed by atoms with Crippen LogP contribution in [0.4, 0.5) is 18.9 Å². The number of anilines is 1. The molecule has 0 saturated carbocycles. The maximum atomic E-state index is 12.7. The number of nitrogens with zero attached hydrogens (tertiary/aromatic N) is 2. The molecule has 0 amide bonds. The zero-order chi connectivity index (χ0) is 14.8. The highest BCUT2D eigenvalue weighted by molar-refractivity contribution is 5.93. The molecule has 0 aliphatic heterocycles. The zero-order valence-corrected chi connectivity index (χ0v) is 11.1. The van der Waals surface area contributed by atoms with Crippen LogP contribution in [-0.2, 0) is 6.54 Å². The Balaban J connectivity index is 2.59. The third kappa shape index (κ3) is 3.01. The number of para-hydroxylation sites is 1. The quantitative estimate of drug-likeness (QED) is 0.937. The van der Waals surface area contributed by atoms with Gasteiger partial charge in [0.25, 0.3) is 0 Å². The predicted molar refractivity (Wildman–Crippen MR) is 73.6 cm³/mol. The van der Waals surface area contributed by atoms with E-state index in [0.29, 0.717) is 22.2 Å². The number of pyridine rings is 1. The van der Waals surface area contributed by atoms with Crippen molar-refractivity contribution in [2.24, 2.45) is 5.73 Å². The fourth-order valence-corrected chi connectivity index (χ4v) is 2.26. The van der Waals surface area contributed by atoms with Crippen molar-refractivity contribution >= 4 is 16.6 Å². The van der Waals surface area contributed by atoms with Crippen LogP contribution in [0, 0.1) is 0 Å². The van der Waals surface area contributed by atoms with Crippen molar-refractivity contribution in [1.29, 1.82) is 0 Å². The van der Waals surface area contributed by atoms with E-state index in [2.05, 4.69) is 4.98 Å². The lowest BCUT2D eigenvalue weighted by atomic mass is 10.1. The van der Waals surface area contributed by atoms with E-state index in [4.69, 9.17) is 5.73 Å². The van der Waals surface area contributed by atoms with Crippen LogP contribution >= 0.6 is 0 Å². The second-order valence-electron chi connectivity index (χ2n) is 4.48. The van der Waals surface area contributed by atoms with Crippen LogP contribution < -0.4 is 10.6 Å². The molecule has 0 aliphatic rings. The number of halogens is 3. The summed E-state index contributed by atoms with van der Waals surface area (Å²) in [5.41, 5.74) is 7.46. The molecule has 1 heterocycles. The molecule has 0 atom stereocenters. The van der Waals surface area contributed by atoms with Crippen molar-refractivity contribution in [1.82, 2.24) is 4.98 Å². The smallest absolute Gasteiger partial charge is 0.362 e. The molecule has 3 nitrogen and oxygen atoms in total. The Kier molecular flexibility index (Phi) is 4.13. The van der Waals surface area contributed by atoms with E-state index in [1.807, 2.05) is 0 Å². The summed E-state index contributed by atoms with van der Waals surface area (Å²) in [5.74, 6) is 0. The molecular weight excluding hydrogens is 267 g/mol. The van der Waals surface area contributed by atoms with Crippen LogP contribution in [0.1, 0.15) is 12.5 Å². The lowest BCUT2D eigenvalue weighted by Gasteiger charge is -2.27. The van der Waals surface area contributed by atoms with Gasteiger partial charge in [0.15, 0.2) is 0 Å². The number of alkyl halides is 3. The van der Waals surface area contributed by atoms with E-state index in [1.165, 1.54) is 4.90 Å². The Hall–Kier alpha value is -1.82. The fourth-order valence-electron chi connectivity index (χ4n) is 2.26. The lowest BCUT2D eigenvalue weighted by molar-refractivity contribution is -0.119. The average Bonchev–Trinajstić information content (AvgIpc) is 2.42. The first-order chi connectivity index (χ1) is 9.46. The highest BCUT2D eigenvalue weighted by Gasteiger charge is 2.31. The number of aromatic nitrogens is 1. The van der Waals surface area contributed by atoms with Gasteiger partial charge in [-0.05, 0) is 13.0 Å². The van der Waals surface area contributed by atoms with Gasteiger partial charge in [0.2, 0.25) is 0 Å². The molecule has 1 aromatic carbocycles. The van der Waals surface area contributed by atoms with E-state index < -0.39 is 12.7 Å². The van der Waals surface area contributed by atoms with Gasteiger partial charge in [0, 0.05) is 30.2 Å². The molecule has 0 fully saturated rings. The molecule has 2 aromatic rings. The van der Waals surface area contributed by atoms with Crippen LogP contribution in [0.15, 0.2) is 30.5 Å². The number of nitrogens with two attached hydrogens (primary N) is 1. The third-order valence-corrected chi connectivity index (χ3v) is 3.11. The zero-order valence-electron chi connectivity index (χ0n) is 11.1. The normalized spacial score (nSPS) is 11.8. The minimum absolute atomic E-state index is 0.154. The summed E-state index contributed by atoms with van der Waals surface area (Å²) in [4.78, 5) is 5.54. The Bertz CT molecular complexity index is 596. The Labute approximate surface area is 115 Å². The Morgan fingerprint density at radius 3 is 2.55 bits per heavy atom. The molecular formula is C14H16F3N3. The second kappa shape index (κ2) is 5.66. The number of hydrogen-bond donors (Lipinski definition) is 1. The highest BCUT2D eigenvalue weighted by atomic mass is 19.4. The third-order valence-electron chi connectivity index (χ3n) is 3.11. The predicted octanol–water partition coefficient (Wildman–Crippen LogP) is 3.08. The molecule has 0 unspecified atom stereocenters. The van der Waals surface area contributed by atoms with Gasteiger partial charge in [0.1, 0.15) is 6.54 Å². The molecule has 0 spiro atoms. The van der Waals surface area contributed by atoms with Crippen molar-refractivity contribution in [3.63, 3.8) is 0 Å². The standard InChI is InChI=1S/C14H16F3N3/c1-2-20(9-14(15,16)17)13-10(7-18)8-19-12-6-4-3-5-11(12)13/h3-6,8H,2,7,9,18H2,1H3. The molecule has 2 rings (SSSR count). The first-order valence-corrected chi connectivity index (χ1v) is 6.34. The summed E-state index contributed by atoms with van der Waals surface area (Å²) < 4.78 is 38.2. The molecule has 2 N–H and O–H groups in total. The summed E-state index contributed by atoms with van der Waals surface area (Å²) >= 11 is 0. The van der Waals surface area contributed by atoms with Crippen LogP contribution in [0.3, 0.4) is 0 Å². The van der Waals surface area contributed by atoms with Gasteiger partial charge in [-0.25, -0.2) is 0 Å². The van der Waals surface area contributed by atoms with E-state index in [1.54, 1.807) is 37.4 Å². The summed E-state index contributed by atoms with van der Waals surface area (Å²) in [5, 5.41) is 0.696. The average molecular weight is 283 g/mol. The maximum absolute atomic E-state index is 12.7. The Morgan fingerprint density at radius 2 is 1.95 bits per heavy atom. The summed E-state index contributed by atoms with van der Waals surface area (Å²) in [7, 11) is 0. The SMILES string of the molecule is CCN(CC(F)(F)F)c1c(CN)cnc2ccccc12. The molecule has 20 heavy (non-hydrogen) atoms. The van der Waals surface area contributed by atoms with Gasteiger partial charge in [-0.1, -0.05) is 18.2 Å². The van der Waals surface area contributed by atoms with Crippen molar-refractivity contribution in [3.05, 3.63) is 36.0 Å². The first kappa shape index (κ1) is 14.6. The highest BCUT2D eigenvalue weighted by Crippen LogP contribution is 2.31. The number of rotatable bonds is 4. The molecule has 0 saturated heterocycles. The van der Waals surface area contributed by atoms with Gasteiger partial charge in [-0.2, -0.15) is 13.2 Å². The topological polar surface area (TPSA) is 42.1 Å². The Morgan fingerprint density at radius 1 is 1.25 bits per heavy atom. The molecule has 0 aliphatic carbocycles. The molecule has 108 valence electrons. The minimum Gasteiger partial charge on any atom is -0.362 e. The van der Waals surface area contributed by atoms with Crippen LogP contribution in [0.5, 0.6) is 0 Å². The van der Waals surface area contributed by atoms with Gasteiger partial charge < -0.3 is 10.6 Å². The monoisotopic (exact) mass is 283 g/mol.